The predicted molar refractivity (Wildman–Crippen MR) is 110 cm³/mol. The van der Waals surface area contributed by atoms with Crippen molar-refractivity contribution in [1.29, 1.82) is 0 Å². The lowest BCUT2D eigenvalue weighted by molar-refractivity contribution is -0.123. The molecule has 29 heavy (non-hydrogen) atoms. The van der Waals surface area contributed by atoms with Gasteiger partial charge in [-0.3, -0.25) is 9.59 Å². The van der Waals surface area contributed by atoms with Gasteiger partial charge in [-0.1, -0.05) is 0 Å². The number of fused-ring (bicyclic) bond motifs is 2. The molecular weight excluding hydrogens is 366 g/mol. The molecule has 1 aromatic heterocycles. The van der Waals surface area contributed by atoms with Crippen molar-refractivity contribution in [3.8, 4) is 0 Å². The Hall–Kier alpha value is -2.96. The van der Waals surface area contributed by atoms with E-state index in [1.54, 1.807) is 23.4 Å². The van der Waals surface area contributed by atoms with Crippen molar-refractivity contribution in [3.63, 3.8) is 0 Å². The van der Waals surface area contributed by atoms with Gasteiger partial charge in [0.2, 0.25) is 11.9 Å². The quantitative estimate of drug-likeness (QED) is 0.785. The topological polar surface area (TPSA) is 69.6 Å². The Balaban J connectivity index is 1.46. The van der Waals surface area contributed by atoms with Gasteiger partial charge in [-0.05, 0) is 55.5 Å². The molecule has 0 N–H and O–H groups in total. The second-order valence-corrected chi connectivity index (χ2v) is 8.21. The number of anilines is 2. The van der Waals surface area contributed by atoms with Gasteiger partial charge in [0, 0.05) is 56.9 Å². The van der Waals surface area contributed by atoms with Gasteiger partial charge in [0.25, 0.3) is 5.91 Å². The zero-order chi connectivity index (χ0) is 20.0. The number of hydrogen-bond acceptors (Lipinski definition) is 5. The molecule has 3 aliphatic heterocycles. The third-order valence-corrected chi connectivity index (χ3v) is 6.68. The van der Waals surface area contributed by atoms with Gasteiger partial charge in [0.05, 0.1) is 5.41 Å². The molecular formula is C22H25N5O2. The van der Waals surface area contributed by atoms with Crippen LogP contribution in [-0.2, 0) is 10.2 Å². The molecule has 7 heteroatoms. The summed E-state index contributed by atoms with van der Waals surface area (Å²) in [6, 6.07) is 7.60. The molecule has 150 valence electrons. The standard InChI is InChI=1S/C22H25N5O2/c1-25-18-6-5-16(19(28)26-11-2-3-12-26)15-17(18)22(20(25)29)7-13-27(14-8-22)21-23-9-4-10-24-21/h4-6,9-10,15H,2-3,7-8,11-14H2,1H3. The highest BCUT2D eigenvalue weighted by Crippen LogP contribution is 2.48. The molecule has 2 amide bonds. The molecule has 0 bridgehead atoms. The third-order valence-electron chi connectivity index (χ3n) is 6.68. The van der Waals surface area contributed by atoms with Crippen LogP contribution in [0.3, 0.4) is 0 Å². The minimum absolute atomic E-state index is 0.0811. The number of nitrogens with zero attached hydrogens (tertiary/aromatic N) is 5. The minimum atomic E-state index is -0.559. The van der Waals surface area contributed by atoms with Crippen molar-refractivity contribution in [1.82, 2.24) is 14.9 Å². The van der Waals surface area contributed by atoms with Gasteiger partial charge in [0.15, 0.2) is 0 Å². The number of carbonyl (C=O) groups excluding carboxylic acids is 2. The number of rotatable bonds is 2. The van der Waals surface area contributed by atoms with E-state index in [4.69, 9.17) is 0 Å². The van der Waals surface area contributed by atoms with E-state index in [0.717, 1.165) is 37.2 Å². The van der Waals surface area contributed by atoms with E-state index < -0.39 is 5.41 Å². The largest absolute Gasteiger partial charge is 0.341 e. The van der Waals surface area contributed by atoms with Gasteiger partial charge < -0.3 is 14.7 Å². The first-order valence-corrected chi connectivity index (χ1v) is 10.3. The van der Waals surface area contributed by atoms with Crippen LogP contribution in [0.1, 0.15) is 41.6 Å². The zero-order valence-electron chi connectivity index (χ0n) is 16.7. The second kappa shape index (κ2) is 6.83. The van der Waals surface area contributed by atoms with Crippen LogP contribution in [0.4, 0.5) is 11.6 Å². The molecule has 0 aliphatic carbocycles. The average Bonchev–Trinajstić information content (AvgIpc) is 3.38. The van der Waals surface area contributed by atoms with E-state index in [1.165, 1.54) is 0 Å². The van der Waals surface area contributed by atoms with Gasteiger partial charge in [0.1, 0.15) is 0 Å². The van der Waals surface area contributed by atoms with Crippen LogP contribution in [-0.4, -0.2) is 59.9 Å². The maximum atomic E-state index is 13.3. The summed E-state index contributed by atoms with van der Waals surface area (Å²) >= 11 is 0. The first-order valence-electron chi connectivity index (χ1n) is 10.3. The van der Waals surface area contributed by atoms with Gasteiger partial charge in [-0.25, -0.2) is 9.97 Å². The fourth-order valence-corrected chi connectivity index (χ4v) is 5.02. The molecule has 2 aromatic rings. The molecule has 3 aliphatic rings. The maximum absolute atomic E-state index is 13.3. The van der Waals surface area contributed by atoms with Gasteiger partial charge >= 0.3 is 0 Å². The van der Waals surface area contributed by atoms with Crippen LogP contribution in [0.5, 0.6) is 0 Å². The fourth-order valence-electron chi connectivity index (χ4n) is 5.02. The first-order chi connectivity index (χ1) is 14.1. The molecule has 0 atom stereocenters. The molecule has 2 saturated heterocycles. The first kappa shape index (κ1) is 18.1. The number of amides is 2. The molecule has 0 saturated carbocycles. The Labute approximate surface area is 170 Å². The Bertz CT molecular complexity index is 947. The van der Waals surface area contributed by atoms with Crippen molar-refractivity contribution in [2.45, 2.75) is 31.1 Å². The highest BCUT2D eigenvalue weighted by Gasteiger charge is 2.51. The summed E-state index contributed by atoms with van der Waals surface area (Å²) in [4.78, 5) is 40.7. The van der Waals surface area contributed by atoms with Crippen molar-refractivity contribution in [2.75, 3.05) is 43.0 Å². The number of hydrogen-bond donors (Lipinski definition) is 0. The van der Waals surface area contributed by atoms with Crippen LogP contribution < -0.4 is 9.80 Å². The predicted octanol–water partition coefficient (Wildman–Crippen LogP) is 2.23. The number of aromatic nitrogens is 2. The van der Waals surface area contributed by atoms with Crippen LogP contribution >= 0.6 is 0 Å². The zero-order valence-corrected chi connectivity index (χ0v) is 16.7. The minimum Gasteiger partial charge on any atom is -0.341 e. The van der Waals surface area contributed by atoms with Crippen LogP contribution in [0, 0.1) is 0 Å². The molecule has 4 heterocycles. The summed E-state index contributed by atoms with van der Waals surface area (Å²) in [5.41, 5.74) is 2.07. The van der Waals surface area contributed by atoms with Crippen LogP contribution in [0.15, 0.2) is 36.7 Å². The summed E-state index contributed by atoms with van der Waals surface area (Å²) in [5, 5.41) is 0. The van der Waals surface area contributed by atoms with Crippen molar-refractivity contribution < 1.29 is 9.59 Å². The Morgan fingerprint density at radius 2 is 1.72 bits per heavy atom. The normalized spacial score (nSPS) is 20.4. The van der Waals surface area contributed by atoms with Crippen molar-refractivity contribution in [2.24, 2.45) is 0 Å². The van der Waals surface area contributed by atoms with Crippen LogP contribution in [0.25, 0.3) is 0 Å². The van der Waals surface area contributed by atoms with E-state index in [9.17, 15) is 9.59 Å². The maximum Gasteiger partial charge on any atom is 0.253 e. The Morgan fingerprint density at radius 3 is 2.41 bits per heavy atom. The van der Waals surface area contributed by atoms with Gasteiger partial charge in [-0.2, -0.15) is 0 Å². The lowest BCUT2D eigenvalue weighted by Crippen LogP contribution is -2.48. The monoisotopic (exact) mass is 391 g/mol. The van der Waals surface area contributed by atoms with E-state index in [-0.39, 0.29) is 11.8 Å². The molecule has 1 spiro atoms. The molecule has 2 fully saturated rings. The Morgan fingerprint density at radius 1 is 1.03 bits per heavy atom. The number of piperidine rings is 1. The highest BCUT2D eigenvalue weighted by molar-refractivity contribution is 6.09. The smallest absolute Gasteiger partial charge is 0.253 e. The van der Waals surface area contributed by atoms with Crippen molar-refractivity contribution in [3.05, 3.63) is 47.8 Å². The highest BCUT2D eigenvalue weighted by atomic mass is 16.2. The SMILES string of the molecule is CN1C(=O)C2(CCN(c3ncccn3)CC2)c2cc(C(=O)N3CCCC3)ccc21. The van der Waals surface area contributed by atoms with E-state index in [0.29, 0.717) is 37.4 Å². The average molecular weight is 391 g/mol. The lowest BCUT2D eigenvalue weighted by atomic mass is 9.73. The second-order valence-electron chi connectivity index (χ2n) is 8.21. The summed E-state index contributed by atoms with van der Waals surface area (Å²) in [7, 11) is 1.84. The molecule has 0 radical (unpaired) electrons. The summed E-state index contributed by atoms with van der Waals surface area (Å²) in [6.07, 6.45) is 7.02. The fraction of sp³-hybridized carbons (Fsp3) is 0.455. The Kier molecular flexibility index (Phi) is 4.26. The van der Waals surface area contributed by atoms with Crippen molar-refractivity contribution >= 4 is 23.5 Å². The van der Waals surface area contributed by atoms with E-state index in [1.807, 2.05) is 30.1 Å². The number of likely N-dealkylation sites (N-methyl/N-ethyl adjacent to an activating group) is 1. The summed E-state index contributed by atoms with van der Waals surface area (Å²) < 4.78 is 0. The molecule has 7 nitrogen and oxygen atoms in total. The van der Waals surface area contributed by atoms with Crippen LogP contribution in [0.2, 0.25) is 0 Å². The lowest BCUT2D eigenvalue weighted by Gasteiger charge is -2.38. The number of benzene rings is 1. The third kappa shape index (κ3) is 2.79. The molecule has 0 unspecified atom stereocenters. The number of carbonyl (C=O) groups is 2. The number of likely N-dealkylation sites (tertiary alicyclic amines) is 1. The molecule has 1 aromatic carbocycles. The summed E-state index contributed by atoms with van der Waals surface area (Å²) in [5.74, 6) is 0.920. The molecule has 5 rings (SSSR count). The summed E-state index contributed by atoms with van der Waals surface area (Å²) in [6.45, 7) is 3.08. The van der Waals surface area contributed by atoms with Gasteiger partial charge in [-0.15, -0.1) is 0 Å². The van der Waals surface area contributed by atoms with E-state index >= 15 is 0 Å². The van der Waals surface area contributed by atoms with E-state index in [2.05, 4.69) is 14.9 Å².